The zero-order chi connectivity index (χ0) is 16.6. The lowest BCUT2D eigenvalue weighted by Crippen LogP contribution is -2.56. The summed E-state index contributed by atoms with van der Waals surface area (Å²) in [7, 11) is 0. The first-order valence-electron chi connectivity index (χ1n) is 9.21. The van der Waals surface area contributed by atoms with E-state index in [9.17, 15) is 9.90 Å². The van der Waals surface area contributed by atoms with E-state index in [2.05, 4.69) is 17.4 Å². The molecule has 1 aromatic rings. The molecule has 3 nitrogen and oxygen atoms in total. The van der Waals surface area contributed by atoms with E-state index in [0.29, 0.717) is 24.8 Å². The van der Waals surface area contributed by atoms with Crippen LogP contribution < -0.4 is 5.32 Å². The molecule has 24 heavy (non-hydrogen) atoms. The zero-order valence-corrected chi connectivity index (χ0v) is 15.0. The molecule has 0 spiro atoms. The molecule has 4 bridgehead atoms. The van der Waals surface area contributed by atoms with E-state index in [0.717, 1.165) is 37.9 Å². The minimum absolute atomic E-state index is 0.0789. The van der Waals surface area contributed by atoms with Gasteiger partial charge in [0, 0.05) is 23.6 Å². The summed E-state index contributed by atoms with van der Waals surface area (Å²) in [4.78, 5) is 13.7. The van der Waals surface area contributed by atoms with Gasteiger partial charge in [-0.1, -0.05) is 18.2 Å². The number of carbonyl (C=O) groups is 1. The molecular weight excluding hydrogens is 318 g/mol. The predicted octanol–water partition coefficient (Wildman–Crippen LogP) is 3.62. The Kier molecular flexibility index (Phi) is 4.38. The fourth-order valence-electron chi connectivity index (χ4n) is 5.89. The first-order valence-corrected chi connectivity index (χ1v) is 10.2. The van der Waals surface area contributed by atoms with Crippen molar-refractivity contribution in [1.29, 1.82) is 0 Å². The smallest absolute Gasteiger partial charge is 0.220 e. The highest BCUT2D eigenvalue weighted by molar-refractivity contribution is 7.99. The van der Waals surface area contributed by atoms with Crippen LogP contribution in [0, 0.1) is 17.3 Å². The summed E-state index contributed by atoms with van der Waals surface area (Å²) in [5.41, 5.74) is -0.386. The average Bonchev–Trinajstić information content (AvgIpc) is 2.49. The Morgan fingerprint density at radius 1 is 1.17 bits per heavy atom. The third-order valence-corrected chi connectivity index (χ3v) is 7.14. The summed E-state index contributed by atoms with van der Waals surface area (Å²) < 4.78 is 0. The monoisotopic (exact) mass is 345 g/mol. The van der Waals surface area contributed by atoms with Gasteiger partial charge in [0.1, 0.15) is 0 Å². The highest BCUT2D eigenvalue weighted by Crippen LogP contribution is 2.62. The van der Waals surface area contributed by atoms with Gasteiger partial charge < -0.3 is 10.4 Å². The molecule has 0 saturated heterocycles. The Bertz CT molecular complexity index is 589. The van der Waals surface area contributed by atoms with E-state index in [1.165, 1.54) is 11.3 Å². The van der Waals surface area contributed by atoms with Crippen LogP contribution in [0.5, 0.6) is 0 Å². The second-order valence-electron chi connectivity index (χ2n) is 8.37. The van der Waals surface area contributed by atoms with Gasteiger partial charge in [-0.2, -0.15) is 0 Å². The number of aliphatic hydroxyl groups is 1. The number of hydrogen-bond acceptors (Lipinski definition) is 3. The van der Waals surface area contributed by atoms with Crippen molar-refractivity contribution >= 4 is 17.7 Å². The molecule has 4 heteroatoms. The molecule has 5 rings (SSSR count). The zero-order valence-electron chi connectivity index (χ0n) is 14.2. The lowest BCUT2D eigenvalue weighted by Gasteiger charge is -2.60. The summed E-state index contributed by atoms with van der Waals surface area (Å²) in [6, 6.07) is 10.3. The fraction of sp³-hybridized carbons (Fsp3) is 0.650. The summed E-state index contributed by atoms with van der Waals surface area (Å²) in [6.07, 6.45) is 6.98. The van der Waals surface area contributed by atoms with Gasteiger partial charge in [-0.25, -0.2) is 0 Å². The molecule has 130 valence electrons. The van der Waals surface area contributed by atoms with Gasteiger partial charge in [0.25, 0.3) is 0 Å². The van der Waals surface area contributed by atoms with Crippen molar-refractivity contribution in [2.75, 3.05) is 12.3 Å². The van der Waals surface area contributed by atoms with Gasteiger partial charge in [-0.3, -0.25) is 4.79 Å². The molecule has 0 heterocycles. The third kappa shape index (κ3) is 3.50. The second kappa shape index (κ2) is 6.38. The summed E-state index contributed by atoms with van der Waals surface area (Å²) >= 11 is 1.78. The van der Waals surface area contributed by atoms with Gasteiger partial charge in [0.2, 0.25) is 5.91 Å². The topological polar surface area (TPSA) is 49.3 Å². The van der Waals surface area contributed by atoms with E-state index in [1.54, 1.807) is 11.8 Å². The Labute approximate surface area is 148 Å². The maximum absolute atomic E-state index is 12.4. The highest BCUT2D eigenvalue weighted by Gasteiger charge is 2.57. The number of rotatable bonds is 6. The van der Waals surface area contributed by atoms with Gasteiger partial charge in [0.05, 0.1) is 5.60 Å². The molecular formula is C20H27NO2S. The number of benzene rings is 1. The van der Waals surface area contributed by atoms with Crippen molar-refractivity contribution in [2.24, 2.45) is 17.3 Å². The molecule has 1 amide bonds. The van der Waals surface area contributed by atoms with E-state index in [4.69, 9.17) is 0 Å². The molecule has 4 aliphatic rings. The van der Waals surface area contributed by atoms with E-state index >= 15 is 0 Å². The van der Waals surface area contributed by atoms with Crippen molar-refractivity contribution < 1.29 is 9.90 Å². The van der Waals surface area contributed by atoms with E-state index in [-0.39, 0.29) is 11.3 Å². The van der Waals surface area contributed by atoms with Crippen molar-refractivity contribution in [3.63, 3.8) is 0 Å². The molecule has 4 atom stereocenters. The van der Waals surface area contributed by atoms with Crippen LogP contribution in [0.1, 0.15) is 44.9 Å². The van der Waals surface area contributed by atoms with Crippen LogP contribution in [0.2, 0.25) is 0 Å². The lowest BCUT2D eigenvalue weighted by atomic mass is 9.47. The highest BCUT2D eigenvalue weighted by atomic mass is 32.2. The Balaban J connectivity index is 1.26. The molecule has 2 unspecified atom stereocenters. The van der Waals surface area contributed by atoms with Crippen LogP contribution in [-0.2, 0) is 4.79 Å². The molecule has 0 radical (unpaired) electrons. The molecule has 0 aromatic heterocycles. The predicted molar refractivity (Wildman–Crippen MR) is 96.9 cm³/mol. The Hall–Kier alpha value is -1.00. The first-order chi connectivity index (χ1) is 11.5. The van der Waals surface area contributed by atoms with Crippen molar-refractivity contribution in [3.05, 3.63) is 30.3 Å². The number of amides is 1. The molecule has 2 N–H and O–H groups in total. The molecule has 4 aliphatic carbocycles. The lowest BCUT2D eigenvalue weighted by molar-refractivity contribution is -0.169. The average molecular weight is 346 g/mol. The van der Waals surface area contributed by atoms with Crippen LogP contribution in [0.25, 0.3) is 0 Å². The van der Waals surface area contributed by atoms with Gasteiger partial charge in [-0.05, 0) is 67.9 Å². The van der Waals surface area contributed by atoms with Crippen LogP contribution in [0.15, 0.2) is 35.2 Å². The standard InChI is InChI=1S/C20H27NO2S/c22-18(21-6-7-24-17-4-2-1-3-5-17)13-19-9-15-8-16(10-19)12-20(23,11-15)14-19/h1-5,15-16,23H,6-14H2,(H,21,22)/t15-,16+,19?,20?. The molecule has 4 fully saturated rings. The van der Waals surface area contributed by atoms with E-state index in [1.807, 2.05) is 18.2 Å². The normalized spacial score (nSPS) is 36.7. The largest absolute Gasteiger partial charge is 0.390 e. The van der Waals surface area contributed by atoms with Gasteiger partial charge in [-0.15, -0.1) is 11.8 Å². The van der Waals surface area contributed by atoms with Crippen LogP contribution in [0.3, 0.4) is 0 Å². The molecule has 4 saturated carbocycles. The maximum Gasteiger partial charge on any atom is 0.220 e. The number of nitrogens with one attached hydrogen (secondary N) is 1. The second-order valence-corrected chi connectivity index (χ2v) is 9.54. The van der Waals surface area contributed by atoms with Crippen molar-refractivity contribution in [1.82, 2.24) is 5.32 Å². The Morgan fingerprint density at radius 3 is 2.54 bits per heavy atom. The van der Waals surface area contributed by atoms with Crippen LogP contribution in [0.4, 0.5) is 0 Å². The number of carbonyl (C=O) groups excluding carboxylic acids is 1. The molecule has 1 aromatic carbocycles. The van der Waals surface area contributed by atoms with Crippen LogP contribution >= 0.6 is 11.8 Å². The maximum atomic E-state index is 12.4. The quantitative estimate of drug-likeness (QED) is 0.611. The summed E-state index contributed by atoms with van der Waals surface area (Å²) in [5.74, 6) is 2.38. The summed E-state index contributed by atoms with van der Waals surface area (Å²) in [6.45, 7) is 0.714. The first kappa shape index (κ1) is 16.5. The number of thioether (sulfide) groups is 1. The third-order valence-electron chi connectivity index (χ3n) is 6.12. The van der Waals surface area contributed by atoms with Gasteiger partial charge >= 0.3 is 0 Å². The minimum Gasteiger partial charge on any atom is -0.390 e. The Morgan fingerprint density at radius 2 is 1.88 bits per heavy atom. The SMILES string of the molecule is O=C(CC12C[C@@H]3C[C@@H](CC(O)(C3)C1)C2)NCCSc1ccccc1. The number of hydrogen-bond donors (Lipinski definition) is 2. The minimum atomic E-state index is -0.465. The fourth-order valence-corrected chi connectivity index (χ4v) is 6.68. The van der Waals surface area contributed by atoms with Crippen LogP contribution in [-0.4, -0.2) is 28.9 Å². The van der Waals surface area contributed by atoms with Gasteiger partial charge in [0.15, 0.2) is 0 Å². The van der Waals surface area contributed by atoms with Crippen molar-refractivity contribution in [3.8, 4) is 0 Å². The van der Waals surface area contributed by atoms with E-state index < -0.39 is 5.60 Å². The summed E-state index contributed by atoms with van der Waals surface area (Å²) in [5, 5.41) is 13.9. The molecule has 0 aliphatic heterocycles. The van der Waals surface area contributed by atoms with Crippen molar-refractivity contribution in [2.45, 2.75) is 55.4 Å².